The van der Waals surface area contributed by atoms with Crippen molar-refractivity contribution in [1.29, 1.82) is 0 Å². The maximum absolute atomic E-state index is 3.82. The van der Waals surface area contributed by atoms with Crippen molar-refractivity contribution < 1.29 is 0 Å². The second kappa shape index (κ2) is 8.39. The van der Waals surface area contributed by atoms with Gasteiger partial charge in [-0.1, -0.05) is 60.7 Å². The standard InChI is InChI=1S/C22H28N2S/c1-3-7-17(8-4-1)15-23-19-11-13-22-20(12-14-21(19)25-22)24-16-18-9-5-2-6-10-18/h1-10,19-24H,11-16H2. The quantitative estimate of drug-likeness (QED) is 0.808. The highest BCUT2D eigenvalue weighted by molar-refractivity contribution is 8.00. The van der Waals surface area contributed by atoms with Gasteiger partial charge in [-0.15, -0.1) is 0 Å². The fourth-order valence-electron chi connectivity index (χ4n) is 4.17. The minimum Gasteiger partial charge on any atom is -0.309 e. The van der Waals surface area contributed by atoms with Gasteiger partial charge in [0.1, 0.15) is 0 Å². The lowest BCUT2D eigenvalue weighted by Gasteiger charge is -2.44. The average Bonchev–Trinajstić information content (AvgIpc) is 2.68. The minimum absolute atomic E-state index is 0.677. The summed E-state index contributed by atoms with van der Waals surface area (Å²) in [5, 5.41) is 9.23. The number of rotatable bonds is 6. The van der Waals surface area contributed by atoms with E-state index in [-0.39, 0.29) is 0 Å². The van der Waals surface area contributed by atoms with Gasteiger partial charge in [0.2, 0.25) is 0 Å². The summed E-state index contributed by atoms with van der Waals surface area (Å²) in [6.45, 7) is 2.01. The molecule has 2 aromatic rings. The Labute approximate surface area is 155 Å². The average molecular weight is 353 g/mol. The van der Waals surface area contributed by atoms with E-state index in [1.807, 2.05) is 0 Å². The predicted molar refractivity (Wildman–Crippen MR) is 108 cm³/mol. The first kappa shape index (κ1) is 17.1. The maximum Gasteiger partial charge on any atom is 0.0208 e. The van der Waals surface area contributed by atoms with Gasteiger partial charge < -0.3 is 10.6 Å². The first-order valence-electron chi connectivity index (χ1n) is 9.58. The molecule has 0 amide bonds. The summed E-state index contributed by atoms with van der Waals surface area (Å²) < 4.78 is 0. The second-order valence-electron chi connectivity index (χ2n) is 7.31. The first-order valence-corrected chi connectivity index (χ1v) is 10.5. The summed E-state index contributed by atoms with van der Waals surface area (Å²) in [5.41, 5.74) is 2.79. The lowest BCUT2D eigenvalue weighted by atomic mass is 9.91. The van der Waals surface area contributed by atoms with Gasteiger partial charge in [-0.3, -0.25) is 0 Å². The van der Waals surface area contributed by atoms with Crippen molar-refractivity contribution in [3.05, 3.63) is 71.8 Å². The molecule has 4 unspecified atom stereocenters. The van der Waals surface area contributed by atoms with E-state index in [0.29, 0.717) is 12.1 Å². The van der Waals surface area contributed by atoms with Gasteiger partial charge in [-0.05, 0) is 36.8 Å². The van der Waals surface area contributed by atoms with Crippen LogP contribution in [0.5, 0.6) is 0 Å². The normalized spacial score (nSPS) is 28.6. The fourth-order valence-corrected chi connectivity index (χ4v) is 6.01. The van der Waals surface area contributed by atoms with Crippen LogP contribution in [-0.4, -0.2) is 22.6 Å². The zero-order chi connectivity index (χ0) is 16.9. The Bertz CT molecular complexity index is 588. The van der Waals surface area contributed by atoms with Crippen LogP contribution < -0.4 is 10.6 Å². The van der Waals surface area contributed by atoms with Crippen molar-refractivity contribution in [2.24, 2.45) is 0 Å². The topological polar surface area (TPSA) is 24.1 Å². The van der Waals surface area contributed by atoms with E-state index in [4.69, 9.17) is 0 Å². The molecule has 2 bridgehead atoms. The van der Waals surface area contributed by atoms with Crippen LogP contribution in [0, 0.1) is 0 Å². The molecule has 2 saturated heterocycles. The van der Waals surface area contributed by atoms with Crippen LogP contribution in [0.1, 0.15) is 36.8 Å². The molecule has 2 aromatic carbocycles. The highest BCUT2D eigenvalue weighted by Gasteiger charge is 2.38. The van der Waals surface area contributed by atoms with E-state index < -0.39 is 0 Å². The molecule has 3 heteroatoms. The smallest absolute Gasteiger partial charge is 0.0208 e. The Morgan fingerprint density at radius 3 is 1.52 bits per heavy atom. The van der Waals surface area contributed by atoms with Crippen LogP contribution >= 0.6 is 11.8 Å². The third-order valence-corrected chi connectivity index (χ3v) is 7.42. The molecule has 4 atom stereocenters. The molecule has 0 spiro atoms. The van der Waals surface area contributed by atoms with E-state index in [2.05, 4.69) is 83.1 Å². The Morgan fingerprint density at radius 1 is 0.640 bits per heavy atom. The molecule has 2 N–H and O–H groups in total. The zero-order valence-corrected chi connectivity index (χ0v) is 15.6. The summed E-state index contributed by atoms with van der Waals surface area (Å²) >= 11 is 2.23. The van der Waals surface area contributed by atoms with Crippen LogP contribution in [0.25, 0.3) is 0 Å². The number of fused-ring (bicyclic) bond motifs is 2. The molecule has 132 valence electrons. The highest BCUT2D eigenvalue weighted by Crippen LogP contribution is 2.41. The molecule has 25 heavy (non-hydrogen) atoms. The highest BCUT2D eigenvalue weighted by atomic mass is 32.2. The molecule has 0 radical (unpaired) electrons. The third-order valence-electron chi connectivity index (χ3n) is 5.59. The molecular formula is C22H28N2S. The molecule has 0 aromatic heterocycles. The summed E-state index contributed by atoms with van der Waals surface area (Å²) in [6.07, 6.45) is 5.30. The predicted octanol–water partition coefficient (Wildman–Crippen LogP) is 4.36. The van der Waals surface area contributed by atoms with Crippen LogP contribution in [0.4, 0.5) is 0 Å². The summed E-state index contributed by atoms with van der Waals surface area (Å²) in [6, 6.07) is 22.9. The Kier molecular flexibility index (Phi) is 5.75. The van der Waals surface area contributed by atoms with Crippen LogP contribution in [0.15, 0.2) is 60.7 Å². The van der Waals surface area contributed by atoms with E-state index in [9.17, 15) is 0 Å². The molecule has 2 aliphatic heterocycles. The molecule has 4 rings (SSSR count). The maximum atomic E-state index is 3.82. The number of hydrogen-bond acceptors (Lipinski definition) is 3. The van der Waals surface area contributed by atoms with Gasteiger partial charge in [-0.2, -0.15) is 11.8 Å². The largest absolute Gasteiger partial charge is 0.309 e. The van der Waals surface area contributed by atoms with Crippen molar-refractivity contribution in [2.75, 3.05) is 0 Å². The van der Waals surface area contributed by atoms with Crippen LogP contribution in [0.3, 0.4) is 0 Å². The van der Waals surface area contributed by atoms with E-state index >= 15 is 0 Å². The van der Waals surface area contributed by atoms with Crippen molar-refractivity contribution >= 4 is 11.8 Å². The van der Waals surface area contributed by atoms with Crippen molar-refractivity contribution in [1.82, 2.24) is 10.6 Å². The minimum atomic E-state index is 0.677. The molecule has 2 nitrogen and oxygen atoms in total. The van der Waals surface area contributed by atoms with Gasteiger partial charge in [0.15, 0.2) is 0 Å². The summed E-state index contributed by atoms with van der Waals surface area (Å²) in [4.78, 5) is 0. The van der Waals surface area contributed by atoms with E-state index in [1.165, 1.54) is 36.8 Å². The Hall–Kier alpha value is -1.29. The van der Waals surface area contributed by atoms with Gasteiger partial charge in [0, 0.05) is 35.7 Å². The van der Waals surface area contributed by atoms with Crippen molar-refractivity contribution in [3.63, 3.8) is 0 Å². The first-order chi connectivity index (χ1) is 12.4. The SMILES string of the molecule is c1ccc(CNC2CCC3SC2CCC3NCc2ccccc2)cc1. The second-order valence-corrected chi connectivity index (χ2v) is 8.80. The van der Waals surface area contributed by atoms with E-state index in [1.54, 1.807) is 0 Å². The molecular weight excluding hydrogens is 324 g/mol. The molecule has 0 aliphatic carbocycles. The number of thioether (sulfide) groups is 1. The summed E-state index contributed by atoms with van der Waals surface area (Å²) in [5.74, 6) is 0. The van der Waals surface area contributed by atoms with Gasteiger partial charge >= 0.3 is 0 Å². The number of hydrogen-bond donors (Lipinski definition) is 2. The lowest BCUT2D eigenvalue weighted by molar-refractivity contribution is 0.330. The van der Waals surface area contributed by atoms with Gasteiger partial charge in [0.05, 0.1) is 0 Å². The van der Waals surface area contributed by atoms with Gasteiger partial charge in [-0.25, -0.2) is 0 Å². The molecule has 0 saturated carbocycles. The van der Waals surface area contributed by atoms with Crippen molar-refractivity contribution in [2.45, 2.75) is 61.4 Å². The van der Waals surface area contributed by atoms with Crippen molar-refractivity contribution in [3.8, 4) is 0 Å². The third kappa shape index (κ3) is 4.46. The lowest BCUT2D eigenvalue weighted by Crippen LogP contribution is -2.51. The Balaban J connectivity index is 1.26. The molecule has 2 fully saturated rings. The molecule has 2 aliphatic rings. The van der Waals surface area contributed by atoms with E-state index in [0.717, 1.165) is 23.6 Å². The summed E-state index contributed by atoms with van der Waals surface area (Å²) in [7, 11) is 0. The van der Waals surface area contributed by atoms with Gasteiger partial charge in [0.25, 0.3) is 0 Å². The number of nitrogens with one attached hydrogen (secondary N) is 2. The monoisotopic (exact) mass is 352 g/mol. The zero-order valence-electron chi connectivity index (χ0n) is 14.7. The van der Waals surface area contributed by atoms with Crippen LogP contribution in [0.2, 0.25) is 0 Å². The Morgan fingerprint density at radius 2 is 1.08 bits per heavy atom. The molecule has 2 heterocycles. The van der Waals surface area contributed by atoms with Crippen LogP contribution in [-0.2, 0) is 13.1 Å². The fraction of sp³-hybridized carbons (Fsp3) is 0.455. The number of benzene rings is 2.